The Morgan fingerprint density at radius 1 is 0.742 bits per heavy atom. The van der Waals surface area contributed by atoms with E-state index in [1.165, 1.54) is 7.11 Å². The molecule has 0 unspecified atom stereocenters. The van der Waals surface area contributed by atoms with Crippen LogP contribution in [0.3, 0.4) is 0 Å². The molecule has 5 aromatic rings. The van der Waals surface area contributed by atoms with Crippen LogP contribution in [0, 0.1) is 23.7 Å². The molecule has 2 aliphatic heterocycles. The number of aromatic amines is 2. The Morgan fingerprint density at radius 2 is 1.34 bits per heavy atom. The van der Waals surface area contributed by atoms with Gasteiger partial charge in [0.25, 0.3) is 0 Å². The van der Waals surface area contributed by atoms with Crippen LogP contribution >= 0.6 is 0 Å². The quantitative estimate of drug-likeness (QED) is 0.0927. The summed E-state index contributed by atoms with van der Waals surface area (Å²) in [6.07, 6.45) is 7.23. The largest absolute Gasteiger partial charge is 0.453 e. The van der Waals surface area contributed by atoms with E-state index in [1.807, 2.05) is 66.4 Å². The number of aromatic nitrogens is 4. The number of alkyl carbamates (subject to hydrolysis) is 1. The highest BCUT2D eigenvalue weighted by Crippen LogP contribution is 2.53. The normalized spacial score (nSPS) is 22.6. The SMILES string of the molecule is COC[C@H]1C[C@@H](c2ncc(-c3ccc(-c4ccc(-c5cnc([C@@H]6C[C@H]7C[C@H]7N6C(=O)[C@@H](NC(=O)OC)C(C)C)[nH]5)cc4)cc3)[nH]2)N(C(=O)[C@H](NC(=O)C2CC2)c2ccccc2)C1. The first-order valence-corrected chi connectivity index (χ1v) is 21.7. The van der Waals surface area contributed by atoms with E-state index in [2.05, 4.69) is 69.1 Å². The number of benzene rings is 3. The summed E-state index contributed by atoms with van der Waals surface area (Å²) in [7, 11) is 2.98. The highest BCUT2D eigenvalue weighted by molar-refractivity contribution is 5.91. The van der Waals surface area contributed by atoms with E-state index >= 15 is 0 Å². The van der Waals surface area contributed by atoms with Gasteiger partial charge in [-0.15, -0.1) is 0 Å². The maximum Gasteiger partial charge on any atom is 0.407 e. The van der Waals surface area contributed by atoms with Gasteiger partial charge in [-0.2, -0.15) is 0 Å². The Bertz CT molecular complexity index is 2410. The summed E-state index contributed by atoms with van der Waals surface area (Å²) in [5, 5.41) is 5.80. The molecule has 4 heterocycles. The van der Waals surface area contributed by atoms with Gasteiger partial charge in [-0.25, -0.2) is 14.8 Å². The number of hydrogen-bond donors (Lipinski definition) is 4. The minimum absolute atomic E-state index is 0.0255. The molecule has 62 heavy (non-hydrogen) atoms. The lowest BCUT2D eigenvalue weighted by Gasteiger charge is -2.31. The van der Waals surface area contributed by atoms with Crippen LogP contribution in [0.5, 0.6) is 0 Å². The monoisotopic (exact) mass is 838 g/mol. The maximum absolute atomic E-state index is 14.4. The van der Waals surface area contributed by atoms with Crippen molar-refractivity contribution in [3.63, 3.8) is 0 Å². The summed E-state index contributed by atoms with van der Waals surface area (Å²) in [6.45, 7) is 4.86. The summed E-state index contributed by atoms with van der Waals surface area (Å²) < 4.78 is 10.3. The first-order chi connectivity index (χ1) is 30.1. The molecular formula is C48H54N8O6. The van der Waals surface area contributed by atoms with Crippen LogP contribution in [0.2, 0.25) is 0 Å². The Morgan fingerprint density at radius 3 is 1.90 bits per heavy atom. The van der Waals surface area contributed by atoms with E-state index in [-0.39, 0.29) is 53.6 Å². The third-order valence-electron chi connectivity index (χ3n) is 13.0. The molecule has 322 valence electrons. The third kappa shape index (κ3) is 8.35. The van der Waals surface area contributed by atoms with Gasteiger partial charge in [-0.3, -0.25) is 14.4 Å². The fraction of sp³-hybridized carbons (Fsp3) is 0.417. The van der Waals surface area contributed by atoms with Gasteiger partial charge >= 0.3 is 6.09 Å². The van der Waals surface area contributed by atoms with Crippen LogP contribution in [0.25, 0.3) is 33.6 Å². The van der Waals surface area contributed by atoms with E-state index in [4.69, 9.17) is 19.4 Å². The number of carbonyl (C=O) groups excluding carboxylic acids is 4. The predicted molar refractivity (Wildman–Crippen MR) is 232 cm³/mol. The summed E-state index contributed by atoms with van der Waals surface area (Å²) in [5.74, 6) is 1.56. The molecule has 7 atom stereocenters. The number of fused-ring (bicyclic) bond motifs is 1. The summed E-state index contributed by atoms with van der Waals surface area (Å²) >= 11 is 0. The number of amides is 4. The average Bonchev–Trinajstić information content (AvgIpc) is 4.01. The Kier molecular flexibility index (Phi) is 11.4. The van der Waals surface area contributed by atoms with Gasteiger partial charge < -0.3 is 39.9 Å². The number of nitrogens with one attached hydrogen (secondary N) is 4. The molecule has 14 heteroatoms. The molecule has 2 saturated heterocycles. The van der Waals surface area contributed by atoms with Crippen molar-refractivity contribution < 1.29 is 28.7 Å². The van der Waals surface area contributed by atoms with E-state index in [9.17, 15) is 19.2 Å². The molecule has 4 N–H and O–H groups in total. The second kappa shape index (κ2) is 17.2. The predicted octanol–water partition coefficient (Wildman–Crippen LogP) is 6.98. The second-order valence-electron chi connectivity index (χ2n) is 17.6. The Balaban J connectivity index is 0.877. The van der Waals surface area contributed by atoms with E-state index < -0.39 is 18.2 Å². The van der Waals surface area contributed by atoms with Crippen molar-refractivity contribution in [2.75, 3.05) is 27.4 Å². The number of hydrogen-bond acceptors (Lipinski definition) is 8. The highest BCUT2D eigenvalue weighted by Gasteiger charge is 2.56. The van der Waals surface area contributed by atoms with Gasteiger partial charge in [-0.1, -0.05) is 92.7 Å². The number of carbonyl (C=O) groups is 4. The second-order valence-corrected chi connectivity index (χ2v) is 17.6. The topological polar surface area (TPSA) is 175 Å². The Labute approximate surface area is 361 Å². The zero-order valence-corrected chi connectivity index (χ0v) is 35.5. The van der Waals surface area contributed by atoms with Crippen LogP contribution in [0.1, 0.15) is 81.3 Å². The van der Waals surface area contributed by atoms with Crippen molar-refractivity contribution in [3.05, 3.63) is 108 Å². The lowest BCUT2D eigenvalue weighted by atomic mass is 10.0. The fourth-order valence-electron chi connectivity index (χ4n) is 9.35. The van der Waals surface area contributed by atoms with Gasteiger partial charge in [-0.05, 0) is 71.8 Å². The molecule has 2 aromatic heterocycles. The third-order valence-corrected chi connectivity index (χ3v) is 13.0. The smallest absolute Gasteiger partial charge is 0.407 e. The Hall–Kier alpha value is -6.28. The minimum atomic E-state index is -0.784. The lowest BCUT2D eigenvalue weighted by molar-refractivity contribution is -0.138. The molecule has 4 aliphatic rings. The van der Waals surface area contributed by atoms with Crippen molar-refractivity contribution in [1.29, 1.82) is 0 Å². The molecule has 0 spiro atoms. The number of H-pyrrole nitrogens is 2. The van der Waals surface area contributed by atoms with Crippen molar-refractivity contribution in [3.8, 4) is 33.6 Å². The summed E-state index contributed by atoms with van der Waals surface area (Å²) in [4.78, 5) is 73.6. The zero-order valence-electron chi connectivity index (χ0n) is 35.5. The van der Waals surface area contributed by atoms with Crippen LogP contribution in [0.4, 0.5) is 4.79 Å². The van der Waals surface area contributed by atoms with E-state index in [0.717, 1.165) is 70.7 Å². The van der Waals surface area contributed by atoms with Gasteiger partial charge in [0.2, 0.25) is 17.7 Å². The van der Waals surface area contributed by atoms with Crippen LogP contribution in [-0.4, -0.2) is 93.0 Å². The zero-order chi connectivity index (χ0) is 43.1. The number of methoxy groups -OCH3 is 2. The average molecular weight is 839 g/mol. The van der Waals surface area contributed by atoms with E-state index in [0.29, 0.717) is 31.3 Å². The molecule has 4 amide bonds. The van der Waals surface area contributed by atoms with Crippen LogP contribution < -0.4 is 10.6 Å². The number of ether oxygens (including phenoxy) is 2. The highest BCUT2D eigenvalue weighted by atomic mass is 16.5. The van der Waals surface area contributed by atoms with Crippen LogP contribution in [0.15, 0.2) is 91.3 Å². The first-order valence-electron chi connectivity index (χ1n) is 21.7. The number of imidazole rings is 2. The number of rotatable bonds is 14. The van der Waals surface area contributed by atoms with Gasteiger partial charge in [0, 0.05) is 31.5 Å². The molecule has 9 rings (SSSR count). The molecule has 0 radical (unpaired) electrons. The van der Waals surface area contributed by atoms with Crippen molar-refractivity contribution in [2.45, 2.75) is 76.2 Å². The number of nitrogens with zero attached hydrogens (tertiary/aromatic N) is 4. The molecule has 4 fully saturated rings. The molecule has 2 aliphatic carbocycles. The molecule has 2 saturated carbocycles. The van der Waals surface area contributed by atoms with Crippen molar-refractivity contribution in [1.82, 2.24) is 40.4 Å². The molecular weight excluding hydrogens is 785 g/mol. The first kappa shape index (κ1) is 41.1. The van der Waals surface area contributed by atoms with E-state index in [1.54, 1.807) is 7.11 Å². The van der Waals surface area contributed by atoms with Gasteiger partial charge in [0.15, 0.2) is 0 Å². The van der Waals surface area contributed by atoms with Gasteiger partial charge in [0.05, 0.1) is 49.6 Å². The maximum atomic E-state index is 14.4. The summed E-state index contributed by atoms with van der Waals surface area (Å²) in [6, 6.07) is 24.3. The fourth-order valence-corrected chi connectivity index (χ4v) is 9.35. The standard InChI is InChI=1S/C48H54N8O6/c1-27(2)41(54-48(60)62-4)47(59)56-38-21-35(38)22-40(56)44-50-24-37(52-44)32-16-12-30(13-17-32)29-10-14-31(15-11-29)36-23-49-43(51-36)39-20-28(26-61-3)25-55(39)46(58)42(33-8-6-5-7-9-33)53-45(57)34-18-19-34/h5-17,23-24,27-28,34-35,38-42H,18-22,25-26H2,1-4H3,(H,49,51)(H,50,52)(H,53,57)(H,54,60)/t28-,35+,38+,39-,40-,41-,42+/m0/s1. The molecule has 3 aromatic carbocycles. The van der Waals surface area contributed by atoms with Gasteiger partial charge in [0.1, 0.15) is 23.7 Å². The number of likely N-dealkylation sites (tertiary alicyclic amines) is 2. The molecule has 0 bridgehead atoms. The number of piperidine rings is 1. The van der Waals surface area contributed by atoms with Crippen molar-refractivity contribution >= 4 is 23.8 Å². The summed E-state index contributed by atoms with van der Waals surface area (Å²) in [5.41, 5.74) is 6.54. The van der Waals surface area contributed by atoms with Crippen LogP contribution in [-0.2, 0) is 23.9 Å². The minimum Gasteiger partial charge on any atom is -0.453 e. The molecule has 14 nitrogen and oxygen atoms in total. The lowest BCUT2D eigenvalue weighted by Crippen LogP contribution is -2.52. The van der Waals surface area contributed by atoms with Crippen molar-refractivity contribution in [2.24, 2.45) is 23.7 Å².